The van der Waals surface area contributed by atoms with Crippen LogP contribution in [0.3, 0.4) is 0 Å². The molecule has 1 fully saturated rings. The molecule has 0 radical (unpaired) electrons. The summed E-state index contributed by atoms with van der Waals surface area (Å²) in [5, 5.41) is 9.21. The molecule has 0 aliphatic heterocycles. The molecule has 1 aliphatic carbocycles. The average Bonchev–Trinajstić information content (AvgIpc) is 2.46. The predicted molar refractivity (Wildman–Crippen MR) is 83.3 cm³/mol. The third-order valence-corrected chi connectivity index (χ3v) is 4.49. The number of urea groups is 1. The van der Waals surface area contributed by atoms with E-state index < -0.39 is 11.5 Å². The summed E-state index contributed by atoms with van der Waals surface area (Å²) < 4.78 is 0. The minimum Gasteiger partial charge on any atom is -0.481 e. The summed E-state index contributed by atoms with van der Waals surface area (Å²) in [7, 11) is 3.53. The van der Waals surface area contributed by atoms with E-state index in [-0.39, 0.29) is 12.5 Å². The van der Waals surface area contributed by atoms with Crippen molar-refractivity contribution in [2.75, 3.05) is 20.6 Å². The summed E-state index contributed by atoms with van der Waals surface area (Å²) in [4.78, 5) is 27.1. The number of aliphatic carboxylic acids is 1. The summed E-state index contributed by atoms with van der Waals surface area (Å²) in [6, 6.07) is -0.0813. The van der Waals surface area contributed by atoms with Gasteiger partial charge in [0.25, 0.3) is 0 Å². The molecule has 5 heteroatoms. The molecule has 0 bridgehead atoms. The van der Waals surface area contributed by atoms with Crippen LogP contribution >= 0.6 is 0 Å². The first-order valence-corrected chi connectivity index (χ1v) is 7.74. The highest BCUT2D eigenvalue weighted by Crippen LogP contribution is 2.36. The van der Waals surface area contributed by atoms with Gasteiger partial charge in [-0.2, -0.15) is 0 Å². The van der Waals surface area contributed by atoms with Crippen LogP contribution in [0.5, 0.6) is 0 Å². The van der Waals surface area contributed by atoms with E-state index in [0.29, 0.717) is 6.54 Å². The third-order valence-electron chi connectivity index (χ3n) is 4.49. The quantitative estimate of drug-likeness (QED) is 0.580. The summed E-state index contributed by atoms with van der Waals surface area (Å²) in [6.07, 6.45) is 8.30. The number of hydrogen-bond donors (Lipinski definition) is 1. The number of carbonyl (C=O) groups is 2. The molecule has 1 saturated carbocycles. The summed E-state index contributed by atoms with van der Waals surface area (Å²) in [5.41, 5.74) is -0.520. The normalized spacial score (nSPS) is 17.0. The third kappa shape index (κ3) is 4.76. The van der Waals surface area contributed by atoms with Crippen LogP contribution in [0.25, 0.3) is 0 Å². The second-order valence-electron chi connectivity index (χ2n) is 6.05. The zero-order valence-corrected chi connectivity index (χ0v) is 13.3. The number of carboxylic acids is 1. The van der Waals surface area contributed by atoms with Crippen LogP contribution in [0.2, 0.25) is 0 Å². The van der Waals surface area contributed by atoms with Crippen molar-refractivity contribution in [3.63, 3.8) is 0 Å². The van der Waals surface area contributed by atoms with Crippen LogP contribution < -0.4 is 0 Å². The van der Waals surface area contributed by atoms with Gasteiger partial charge in [0.2, 0.25) is 0 Å². The van der Waals surface area contributed by atoms with Crippen LogP contribution in [0.15, 0.2) is 12.7 Å². The second-order valence-corrected chi connectivity index (χ2v) is 6.05. The molecule has 5 nitrogen and oxygen atoms in total. The Morgan fingerprint density at radius 1 is 1.24 bits per heavy atom. The van der Waals surface area contributed by atoms with E-state index in [4.69, 9.17) is 0 Å². The van der Waals surface area contributed by atoms with Gasteiger partial charge in [0.15, 0.2) is 0 Å². The van der Waals surface area contributed by atoms with Gasteiger partial charge in [-0.3, -0.25) is 4.79 Å². The maximum absolute atomic E-state index is 12.6. The molecule has 0 spiro atoms. The Bertz CT molecular complexity index is 376. The van der Waals surface area contributed by atoms with E-state index in [1.165, 1.54) is 0 Å². The largest absolute Gasteiger partial charge is 0.481 e. The van der Waals surface area contributed by atoms with Crippen LogP contribution in [-0.2, 0) is 4.79 Å². The van der Waals surface area contributed by atoms with Crippen LogP contribution in [0.1, 0.15) is 51.4 Å². The number of carboxylic acid groups (broad SMARTS) is 1. The van der Waals surface area contributed by atoms with Crippen molar-refractivity contribution < 1.29 is 14.7 Å². The zero-order chi connectivity index (χ0) is 15.9. The fraction of sp³-hybridized carbons (Fsp3) is 0.750. The summed E-state index contributed by atoms with van der Waals surface area (Å²) in [6.45, 7) is 4.34. The lowest BCUT2D eigenvalue weighted by atomic mass is 9.78. The SMILES string of the molecule is C=CCCCN(C)C(=O)N(C)C1(CC(=O)O)CCCCC1. The Balaban J connectivity index is 2.74. The minimum absolute atomic E-state index is 0.0374. The van der Waals surface area contributed by atoms with Gasteiger partial charge in [-0.25, -0.2) is 4.79 Å². The van der Waals surface area contributed by atoms with Gasteiger partial charge in [0.1, 0.15) is 0 Å². The fourth-order valence-electron chi connectivity index (χ4n) is 3.15. The van der Waals surface area contributed by atoms with Crippen molar-refractivity contribution in [3.05, 3.63) is 12.7 Å². The lowest BCUT2D eigenvalue weighted by Crippen LogP contribution is -2.55. The molecular weight excluding hydrogens is 268 g/mol. The van der Waals surface area contributed by atoms with Crippen molar-refractivity contribution in [1.82, 2.24) is 9.80 Å². The lowest BCUT2D eigenvalue weighted by Gasteiger charge is -2.45. The molecule has 120 valence electrons. The van der Waals surface area contributed by atoms with Gasteiger partial charge in [-0.15, -0.1) is 6.58 Å². The number of allylic oxidation sites excluding steroid dienone is 1. The van der Waals surface area contributed by atoms with E-state index in [9.17, 15) is 14.7 Å². The molecule has 0 atom stereocenters. The number of nitrogens with zero attached hydrogens (tertiary/aromatic N) is 2. The van der Waals surface area contributed by atoms with Crippen LogP contribution in [-0.4, -0.2) is 53.1 Å². The maximum atomic E-state index is 12.6. The van der Waals surface area contributed by atoms with Gasteiger partial charge in [-0.05, 0) is 25.7 Å². The van der Waals surface area contributed by atoms with Gasteiger partial charge in [0.05, 0.1) is 12.0 Å². The zero-order valence-electron chi connectivity index (χ0n) is 13.3. The summed E-state index contributed by atoms with van der Waals surface area (Å²) in [5.74, 6) is -0.828. The summed E-state index contributed by atoms with van der Waals surface area (Å²) >= 11 is 0. The highest BCUT2D eigenvalue weighted by Gasteiger charge is 2.41. The average molecular weight is 296 g/mol. The Kier molecular flexibility index (Phi) is 6.72. The number of hydrogen-bond acceptors (Lipinski definition) is 2. The Labute approximate surface area is 127 Å². The monoisotopic (exact) mass is 296 g/mol. The molecule has 0 aromatic rings. The van der Waals surface area contributed by atoms with Crippen molar-refractivity contribution in [2.45, 2.75) is 56.9 Å². The van der Waals surface area contributed by atoms with Crippen molar-refractivity contribution in [3.8, 4) is 0 Å². The first kappa shape index (κ1) is 17.5. The molecule has 0 heterocycles. The topological polar surface area (TPSA) is 60.9 Å². The molecule has 0 aromatic carbocycles. The molecule has 0 saturated heterocycles. The van der Waals surface area contributed by atoms with E-state index >= 15 is 0 Å². The van der Waals surface area contributed by atoms with Gasteiger partial charge in [-0.1, -0.05) is 25.3 Å². The highest BCUT2D eigenvalue weighted by atomic mass is 16.4. The number of amides is 2. The first-order chi connectivity index (χ1) is 9.93. The number of rotatable bonds is 7. The molecular formula is C16H28N2O3. The standard InChI is InChI=1S/C16H28N2O3/c1-4-5-9-12-17(2)15(21)18(3)16(13-14(19)20)10-7-6-8-11-16/h4H,1,5-13H2,2-3H3,(H,19,20). The fourth-order valence-corrected chi connectivity index (χ4v) is 3.15. The molecule has 1 rings (SSSR count). The number of carbonyl (C=O) groups excluding carboxylic acids is 1. The molecule has 2 amide bonds. The molecule has 21 heavy (non-hydrogen) atoms. The lowest BCUT2D eigenvalue weighted by molar-refractivity contribution is -0.140. The van der Waals surface area contributed by atoms with Crippen molar-refractivity contribution in [2.24, 2.45) is 0 Å². The van der Waals surface area contributed by atoms with Crippen LogP contribution in [0.4, 0.5) is 4.79 Å². The van der Waals surface area contributed by atoms with Gasteiger partial charge < -0.3 is 14.9 Å². The van der Waals surface area contributed by atoms with Crippen molar-refractivity contribution in [1.29, 1.82) is 0 Å². The Hall–Kier alpha value is -1.52. The molecule has 1 N–H and O–H groups in total. The molecule has 0 aromatic heterocycles. The smallest absolute Gasteiger partial charge is 0.319 e. The molecule has 0 unspecified atom stereocenters. The minimum atomic E-state index is -0.828. The molecule has 1 aliphatic rings. The van der Waals surface area contributed by atoms with E-state index in [0.717, 1.165) is 44.9 Å². The maximum Gasteiger partial charge on any atom is 0.319 e. The predicted octanol–water partition coefficient (Wildman–Crippen LogP) is 3.11. The number of unbranched alkanes of at least 4 members (excludes halogenated alkanes) is 1. The highest BCUT2D eigenvalue weighted by molar-refractivity contribution is 5.76. The Morgan fingerprint density at radius 2 is 1.86 bits per heavy atom. The van der Waals surface area contributed by atoms with Gasteiger partial charge >= 0.3 is 12.0 Å². The second kappa shape index (κ2) is 8.05. The van der Waals surface area contributed by atoms with E-state index in [2.05, 4.69) is 6.58 Å². The Morgan fingerprint density at radius 3 is 2.38 bits per heavy atom. The van der Waals surface area contributed by atoms with Crippen LogP contribution in [0, 0.1) is 0 Å². The van der Waals surface area contributed by atoms with E-state index in [1.807, 2.05) is 6.08 Å². The first-order valence-electron chi connectivity index (χ1n) is 7.74. The van der Waals surface area contributed by atoms with Crippen molar-refractivity contribution >= 4 is 12.0 Å². The van der Waals surface area contributed by atoms with Gasteiger partial charge in [0, 0.05) is 20.6 Å². The van der Waals surface area contributed by atoms with E-state index in [1.54, 1.807) is 23.9 Å².